The van der Waals surface area contributed by atoms with Crippen LogP contribution in [0.15, 0.2) is 54.6 Å². The highest BCUT2D eigenvalue weighted by Gasteiger charge is 2.10. The van der Waals surface area contributed by atoms with Crippen LogP contribution in [0.25, 0.3) is 22.0 Å². The van der Waals surface area contributed by atoms with Crippen molar-refractivity contribution < 1.29 is 4.79 Å². The molecule has 1 amide bonds. The Morgan fingerprint density at radius 2 is 1.80 bits per heavy atom. The van der Waals surface area contributed by atoms with Gasteiger partial charge in [0, 0.05) is 16.0 Å². The van der Waals surface area contributed by atoms with Gasteiger partial charge in [-0.05, 0) is 17.5 Å². The normalized spacial score (nSPS) is 10.4. The molecule has 0 saturated carbocycles. The summed E-state index contributed by atoms with van der Waals surface area (Å²) in [5, 5.41) is 5.23. The lowest BCUT2D eigenvalue weighted by atomic mass is 10.0. The van der Waals surface area contributed by atoms with Crippen LogP contribution in [0.5, 0.6) is 0 Å². The molecule has 0 aliphatic rings. The molecule has 1 aromatic heterocycles. The van der Waals surface area contributed by atoms with Gasteiger partial charge in [0.05, 0.1) is 5.69 Å². The largest absolute Gasteiger partial charge is 0.313 e. The van der Waals surface area contributed by atoms with Crippen LogP contribution < -0.4 is 5.32 Å². The lowest BCUT2D eigenvalue weighted by molar-refractivity contribution is -0.105. The molecule has 4 heteroatoms. The second-order valence-electron chi connectivity index (χ2n) is 4.32. The molecule has 0 aliphatic carbocycles. The minimum absolute atomic E-state index is 0.508. The van der Waals surface area contributed by atoms with Crippen LogP contribution in [0, 0.1) is 0 Å². The van der Waals surface area contributed by atoms with Crippen molar-refractivity contribution in [2.24, 2.45) is 0 Å². The molecule has 1 heterocycles. The number of hydrogen-bond acceptors (Lipinski definition) is 2. The quantitative estimate of drug-likeness (QED) is 0.734. The summed E-state index contributed by atoms with van der Waals surface area (Å²) in [6.45, 7) is 0. The van der Waals surface area contributed by atoms with E-state index in [0.717, 1.165) is 22.0 Å². The first-order valence-corrected chi connectivity index (χ1v) is 6.52. The number of aromatic nitrogens is 1. The Hall–Kier alpha value is -2.39. The fourth-order valence-electron chi connectivity index (χ4n) is 2.19. The van der Waals surface area contributed by atoms with Gasteiger partial charge in [-0.25, -0.2) is 4.98 Å². The average molecular weight is 283 g/mol. The van der Waals surface area contributed by atoms with Gasteiger partial charge in [0.15, 0.2) is 0 Å². The molecule has 0 saturated heterocycles. The Bertz CT molecular complexity index is 786. The Morgan fingerprint density at radius 1 is 1.05 bits per heavy atom. The molecule has 0 unspecified atom stereocenters. The van der Waals surface area contributed by atoms with E-state index in [2.05, 4.69) is 10.3 Å². The third-order valence-electron chi connectivity index (χ3n) is 3.08. The highest BCUT2D eigenvalue weighted by molar-refractivity contribution is 6.33. The van der Waals surface area contributed by atoms with Crippen LogP contribution in [0.3, 0.4) is 0 Å². The summed E-state index contributed by atoms with van der Waals surface area (Å²) in [5.74, 6) is 0.508. The number of amides is 1. The van der Waals surface area contributed by atoms with Gasteiger partial charge in [-0.3, -0.25) is 4.79 Å². The predicted octanol–water partition coefficient (Wildman–Crippen LogP) is 4.12. The summed E-state index contributed by atoms with van der Waals surface area (Å²) in [6, 6.07) is 17.2. The van der Waals surface area contributed by atoms with E-state index < -0.39 is 0 Å². The van der Waals surface area contributed by atoms with Crippen molar-refractivity contribution in [3.05, 3.63) is 59.6 Å². The molecule has 0 spiro atoms. The SMILES string of the molecule is O=CNc1cc2ccccc2c(-c2ccccc2Cl)n1. The number of benzene rings is 2. The van der Waals surface area contributed by atoms with Crippen LogP contribution in [-0.4, -0.2) is 11.4 Å². The number of anilines is 1. The minimum atomic E-state index is 0.508. The summed E-state index contributed by atoms with van der Waals surface area (Å²) < 4.78 is 0. The zero-order chi connectivity index (χ0) is 13.9. The van der Waals surface area contributed by atoms with E-state index in [4.69, 9.17) is 11.6 Å². The highest BCUT2D eigenvalue weighted by atomic mass is 35.5. The topological polar surface area (TPSA) is 42.0 Å². The maximum atomic E-state index is 10.6. The third-order valence-corrected chi connectivity index (χ3v) is 3.41. The van der Waals surface area contributed by atoms with Gasteiger partial charge in [0.25, 0.3) is 0 Å². The van der Waals surface area contributed by atoms with E-state index in [0.29, 0.717) is 17.3 Å². The van der Waals surface area contributed by atoms with Crippen molar-refractivity contribution >= 4 is 34.6 Å². The molecule has 0 bridgehead atoms. The number of halogens is 1. The molecular weight excluding hydrogens is 272 g/mol. The molecule has 20 heavy (non-hydrogen) atoms. The summed E-state index contributed by atoms with van der Waals surface area (Å²) in [5.41, 5.74) is 1.61. The van der Waals surface area contributed by atoms with Crippen molar-refractivity contribution in [3.8, 4) is 11.3 Å². The van der Waals surface area contributed by atoms with Crippen LogP contribution in [0.4, 0.5) is 5.82 Å². The monoisotopic (exact) mass is 282 g/mol. The highest BCUT2D eigenvalue weighted by Crippen LogP contribution is 2.33. The molecule has 1 N–H and O–H groups in total. The van der Waals surface area contributed by atoms with E-state index >= 15 is 0 Å². The van der Waals surface area contributed by atoms with Crippen molar-refractivity contribution in [2.45, 2.75) is 0 Å². The summed E-state index contributed by atoms with van der Waals surface area (Å²) in [7, 11) is 0. The molecule has 3 aromatic rings. The summed E-state index contributed by atoms with van der Waals surface area (Å²) >= 11 is 6.26. The van der Waals surface area contributed by atoms with Crippen molar-refractivity contribution in [2.75, 3.05) is 5.32 Å². The Kier molecular flexibility index (Phi) is 3.35. The molecule has 3 rings (SSSR count). The standard InChI is InChI=1S/C16H11ClN2O/c17-14-8-4-3-7-13(14)16-12-6-2-1-5-11(12)9-15(19-16)18-10-20/h1-10H,(H,18,19,20). The van der Waals surface area contributed by atoms with Crippen molar-refractivity contribution in [1.82, 2.24) is 4.98 Å². The van der Waals surface area contributed by atoms with Crippen LogP contribution in [0.2, 0.25) is 5.02 Å². The molecular formula is C16H11ClN2O. The summed E-state index contributed by atoms with van der Waals surface area (Å²) in [4.78, 5) is 15.1. The van der Waals surface area contributed by atoms with E-state index in [-0.39, 0.29) is 0 Å². The van der Waals surface area contributed by atoms with Crippen LogP contribution in [0.1, 0.15) is 0 Å². The minimum Gasteiger partial charge on any atom is -0.313 e. The Morgan fingerprint density at radius 3 is 2.60 bits per heavy atom. The third kappa shape index (κ3) is 2.24. The van der Waals surface area contributed by atoms with Crippen molar-refractivity contribution in [1.29, 1.82) is 0 Å². The second kappa shape index (κ2) is 5.31. The Balaban J connectivity index is 2.33. The zero-order valence-electron chi connectivity index (χ0n) is 10.5. The zero-order valence-corrected chi connectivity index (χ0v) is 11.3. The Labute approximate surface area is 121 Å². The smallest absolute Gasteiger partial charge is 0.212 e. The summed E-state index contributed by atoms with van der Waals surface area (Å²) in [6.07, 6.45) is 0.619. The molecule has 3 nitrogen and oxygen atoms in total. The number of nitrogens with zero attached hydrogens (tertiary/aromatic N) is 1. The van der Waals surface area contributed by atoms with Gasteiger partial charge in [-0.15, -0.1) is 0 Å². The number of carbonyl (C=O) groups excluding carboxylic acids is 1. The van der Waals surface area contributed by atoms with Gasteiger partial charge in [-0.2, -0.15) is 0 Å². The second-order valence-corrected chi connectivity index (χ2v) is 4.73. The van der Waals surface area contributed by atoms with Gasteiger partial charge < -0.3 is 5.32 Å². The van der Waals surface area contributed by atoms with Gasteiger partial charge >= 0.3 is 0 Å². The van der Waals surface area contributed by atoms with Gasteiger partial charge in [-0.1, -0.05) is 54.1 Å². The van der Waals surface area contributed by atoms with Crippen molar-refractivity contribution in [3.63, 3.8) is 0 Å². The average Bonchev–Trinajstić information content (AvgIpc) is 2.47. The molecule has 0 aliphatic heterocycles. The number of fused-ring (bicyclic) bond motifs is 1. The van der Waals surface area contributed by atoms with Crippen LogP contribution >= 0.6 is 11.6 Å². The predicted molar refractivity (Wildman–Crippen MR) is 81.9 cm³/mol. The lowest BCUT2D eigenvalue weighted by Crippen LogP contribution is -1.98. The lowest BCUT2D eigenvalue weighted by Gasteiger charge is -2.10. The number of pyridine rings is 1. The van der Waals surface area contributed by atoms with E-state index in [1.54, 1.807) is 0 Å². The molecule has 2 aromatic carbocycles. The first kappa shape index (κ1) is 12.6. The van der Waals surface area contributed by atoms with Gasteiger partial charge in [0.1, 0.15) is 5.82 Å². The maximum Gasteiger partial charge on any atom is 0.212 e. The molecule has 0 atom stereocenters. The van der Waals surface area contributed by atoms with Gasteiger partial charge in [0.2, 0.25) is 6.41 Å². The first-order chi connectivity index (χ1) is 9.79. The number of carbonyl (C=O) groups is 1. The van der Waals surface area contributed by atoms with E-state index in [1.807, 2.05) is 54.6 Å². The fraction of sp³-hybridized carbons (Fsp3) is 0. The number of nitrogens with one attached hydrogen (secondary N) is 1. The first-order valence-electron chi connectivity index (χ1n) is 6.14. The van der Waals surface area contributed by atoms with E-state index in [1.165, 1.54) is 0 Å². The molecule has 98 valence electrons. The fourth-order valence-corrected chi connectivity index (χ4v) is 2.42. The maximum absolute atomic E-state index is 10.6. The molecule has 0 fully saturated rings. The molecule has 0 radical (unpaired) electrons. The number of hydrogen-bond donors (Lipinski definition) is 1. The van der Waals surface area contributed by atoms with Crippen LogP contribution in [-0.2, 0) is 4.79 Å². The number of rotatable bonds is 3. The van der Waals surface area contributed by atoms with E-state index in [9.17, 15) is 4.79 Å².